The number of benzene rings is 2. The minimum Gasteiger partial charge on any atom is -0.492 e. The number of methoxy groups -OCH3 is 1. The van der Waals surface area contributed by atoms with E-state index in [9.17, 15) is 13.2 Å². The third-order valence-electron chi connectivity index (χ3n) is 8.50. The van der Waals surface area contributed by atoms with Crippen LogP contribution in [0.1, 0.15) is 72.3 Å². The topological polar surface area (TPSA) is 133 Å². The van der Waals surface area contributed by atoms with Crippen molar-refractivity contribution in [3.8, 4) is 22.8 Å². The summed E-state index contributed by atoms with van der Waals surface area (Å²) in [6.45, 7) is 4.06. The van der Waals surface area contributed by atoms with Crippen LogP contribution < -0.4 is 14.8 Å². The van der Waals surface area contributed by atoms with Crippen molar-refractivity contribution in [3.05, 3.63) is 65.2 Å². The average Bonchev–Trinajstić information content (AvgIpc) is 3.29. The summed E-state index contributed by atoms with van der Waals surface area (Å²) < 4.78 is 36.0. The Morgan fingerprint density at radius 1 is 1.14 bits per heavy atom. The molecule has 0 atom stereocenters. The highest BCUT2D eigenvalue weighted by Gasteiger charge is 2.40. The lowest BCUT2D eigenvalue weighted by Crippen LogP contribution is -2.17. The molecule has 1 amide bonds. The lowest BCUT2D eigenvalue weighted by atomic mass is 9.85. The predicted molar refractivity (Wildman–Crippen MR) is 161 cm³/mol. The molecule has 2 heterocycles. The van der Waals surface area contributed by atoms with E-state index < -0.39 is 10.0 Å². The van der Waals surface area contributed by atoms with E-state index in [1.807, 2.05) is 38.5 Å². The first kappa shape index (κ1) is 28.0. The van der Waals surface area contributed by atoms with Crippen LogP contribution in [0.3, 0.4) is 0 Å². The third-order valence-corrected chi connectivity index (χ3v) is 9.09. The molecule has 0 spiro atoms. The third kappa shape index (κ3) is 5.26. The summed E-state index contributed by atoms with van der Waals surface area (Å²) in [7, 11) is -0.122. The molecule has 0 bridgehead atoms. The van der Waals surface area contributed by atoms with Crippen LogP contribution in [0.25, 0.3) is 17.1 Å². The Labute approximate surface area is 245 Å². The van der Waals surface area contributed by atoms with Gasteiger partial charge in [-0.1, -0.05) is 24.6 Å². The minimum atomic E-state index is -3.58. The summed E-state index contributed by atoms with van der Waals surface area (Å²) in [6, 6.07) is 9.01. The van der Waals surface area contributed by atoms with Crippen molar-refractivity contribution in [1.82, 2.24) is 24.5 Å². The first-order chi connectivity index (χ1) is 20.0. The Balaban J connectivity index is 1.30. The smallest absolute Gasteiger partial charge is 0.255 e. The number of amides is 1. The van der Waals surface area contributed by atoms with Crippen molar-refractivity contribution >= 4 is 27.3 Å². The van der Waals surface area contributed by atoms with Crippen LogP contribution in [0.5, 0.6) is 5.75 Å². The van der Waals surface area contributed by atoms with Crippen LogP contribution in [0, 0.1) is 6.92 Å². The lowest BCUT2D eigenvalue weighted by molar-refractivity contribution is 0.102. The second kappa shape index (κ2) is 10.3. The second-order valence-electron chi connectivity index (χ2n) is 11.7. The van der Waals surface area contributed by atoms with Crippen molar-refractivity contribution in [2.45, 2.75) is 57.3 Å². The number of ether oxygens (including phenoxy) is 1. The zero-order valence-corrected chi connectivity index (χ0v) is 25.2. The number of carbonyl (C=O) groups is 1. The van der Waals surface area contributed by atoms with Gasteiger partial charge in [0.25, 0.3) is 5.91 Å². The summed E-state index contributed by atoms with van der Waals surface area (Å²) in [4.78, 5) is 18.2. The molecule has 2 aromatic carbocycles. The van der Waals surface area contributed by atoms with Crippen molar-refractivity contribution in [2.24, 2.45) is 7.05 Å². The molecule has 0 radical (unpaired) electrons. The van der Waals surface area contributed by atoms with Gasteiger partial charge in [-0.15, -0.1) is 5.10 Å². The Kier molecular flexibility index (Phi) is 6.83. The maximum Gasteiger partial charge on any atom is 0.255 e. The fraction of sp³-hybridized carbons (Fsp3) is 0.400. The number of imidazole rings is 1. The van der Waals surface area contributed by atoms with Gasteiger partial charge in [-0.2, -0.15) is 0 Å². The Bertz CT molecular complexity index is 1800. The number of anilines is 2. The number of nitrogens with zero attached hydrogens (tertiary/aromatic N) is 5. The molecule has 2 aromatic heterocycles. The predicted octanol–water partition coefficient (Wildman–Crippen LogP) is 4.93. The van der Waals surface area contributed by atoms with Gasteiger partial charge in [0.15, 0.2) is 5.75 Å². The number of hydrogen-bond donors (Lipinski definition) is 2. The zero-order chi connectivity index (χ0) is 29.8. The number of rotatable bonds is 9. The van der Waals surface area contributed by atoms with Crippen LogP contribution in [-0.2, 0) is 22.5 Å². The van der Waals surface area contributed by atoms with Gasteiger partial charge in [0.05, 0.1) is 48.5 Å². The maximum absolute atomic E-state index is 13.6. The maximum atomic E-state index is 13.6. The number of carbonyl (C=O) groups excluding carboxylic acids is 1. The molecular weight excluding hydrogens is 554 g/mol. The molecule has 6 rings (SSSR count). The second-order valence-corrected chi connectivity index (χ2v) is 13.5. The van der Waals surface area contributed by atoms with Gasteiger partial charge in [0, 0.05) is 18.5 Å². The SMILES string of the molecule is COc1c(NC(=O)c2ccc(C)c(-n3cc(-c4cnc(C5CCC5)n4C)nn3)c2)cc(C2(C)CC2)cc1NS(C)(=O)=O. The summed E-state index contributed by atoms with van der Waals surface area (Å²) in [6.07, 6.45) is 10.3. The number of aryl methyl sites for hydroxylation is 1. The highest BCUT2D eigenvalue weighted by atomic mass is 32.2. The molecule has 2 fully saturated rings. The zero-order valence-electron chi connectivity index (χ0n) is 24.4. The van der Waals surface area contributed by atoms with E-state index in [-0.39, 0.29) is 22.8 Å². The van der Waals surface area contributed by atoms with E-state index in [1.165, 1.54) is 13.5 Å². The molecule has 0 saturated heterocycles. The van der Waals surface area contributed by atoms with E-state index in [2.05, 4.69) is 36.8 Å². The number of hydrogen-bond acceptors (Lipinski definition) is 7. The quantitative estimate of drug-likeness (QED) is 0.283. The summed E-state index contributed by atoms with van der Waals surface area (Å²) in [5.41, 5.74) is 5.17. The average molecular weight is 590 g/mol. The number of sulfonamides is 1. The van der Waals surface area contributed by atoms with Crippen molar-refractivity contribution in [3.63, 3.8) is 0 Å². The van der Waals surface area contributed by atoms with Gasteiger partial charge in [-0.25, -0.2) is 18.1 Å². The van der Waals surface area contributed by atoms with E-state index in [1.54, 1.807) is 22.9 Å². The van der Waals surface area contributed by atoms with Crippen LogP contribution in [-0.4, -0.2) is 52.2 Å². The molecule has 42 heavy (non-hydrogen) atoms. The van der Waals surface area contributed by atoms with Crippen LogP contribution in [0.2, 0.25) is 0 Å². The fourth-order valence-electron chi connectivity index (χ4n) is 5.44. The van der Waals surface area contributed by atoms with Crippen LogP contribution in [0.15, 0.2) is 42.7 Å². The van der Waals surface area contributed by atoms with Crippen molar-refractivity contribution in [2.75, 3.05) is 23.4 Å². The Morgan fingerprint density at radius 3 is 2.52 bits per heavy atom. The van der Waals surface area contributed by atoms with Crippen molar-refractivity contribution in [1.29, 1.82) is 0 Å². The normalized spacial score (nSPS) is 16.1. The molecular formula is C30H35N7O4S. The van der Waals surface area contributed by atoms with Gasteiger partial charge in [-0.3, -0.25) is 9.52 Å². The highest BCUT2D eigenvalue weighted by molar-refractivity contribution is 7.92. The Hall–Kier alpha value is -4.19. The first-order valence-electron chi connectivity index (χ1n) is 14.0. The van der Waals surface area contributed by atoms with Gasteiger partial charge < -0.3 is 14.6 Å². The number of nitrogens with one attached hydrogen (secondary N) is 2. The summed E-state index contributed by atoms with van der Waals surface area (Å²) in [5.74, 6) is 1.45. The largest absolute Gasteiger partial charge is 0.492 e. The van der Waals surface area contributed by atoms with Crippen LogP contribution >= 0.6 is 0 Å². The van der Waals surface area contributed by atoms with Crippen LogP contribution in [0.4, 0.5) is 11.4 Å². The van der Waals surface area contributed by atoms with E-state index in [4.69, 9.17) is 4.74 Å². The van der Waals surface area contributed by atoms with Crippen molar-refractivity contribution < 1.29 is 17.9 Å². The first-order valence-corrected chi connectivity index (χ1v) is 15.9. The van der Waals surface area contributed by atoms with Gasteiger partial charge in [0.1, 0.15) is 11.5 Å². The van der Waals surface area contributed by atoms with E-state index >= 15 is 0 Å². The summed E-state index contributed by atoms with van der Waals surface area (Å²) in [5, 5.41) is 11.7. The van der Waals surface area contributed by atoms with E-state index in [0.717, 1.165) is 54.6 Å². The Morgan fingerprint density at radius 2 is 1.88 bits per heavy atom. The molecule has 2 N–H and O–H groups in total. The lowest BCUT2D eigenvalue weighted by Gasteiger charge is -2.24. The van der Waals surface area contributed by atoms with E-state index in [0.29, 0.717) is 28.6 Å². The molecule has 0 aliphatic heterocycles. The van der Waals surface area contributed by atoms with Gasteiger partial charge >= 0.3 is 0 Å². The standard InChI is InChI=1S/C30H35N7O4S/c1-18-9-10-20(13-25(18)37-17-24(33-35-37)26-16-31-28(36(26)3)19-7-6-8-19)29(38)32-22-14-21(30(2)11-12-30)15-23(27(22)41-4)34-42(5,39)40/h9-10,13-17,19,34H,6-8,11-12H2,1-5H3,(H,32,38). The molecule has 12 heteroatoms. The highest BCUT2D eigenvalue weighted by Crippen LogP contribution is 2.51. The molecule has 11 nitrogen and oxygen atoms in total. The van der Waals surface area contributed by atoms with Gasteiger partial charge in [-0.05, 0) is 73.4 Å². The number of aromatic nitrogens is 5. The molecule has 4 aromatic rings. The molecule has 0 unspecified atom stereocenters. The molecule has 220 valence electrons. The minimum absolute atomic E-state index is 0.0754. The molecule has 2 aliphatic rings. The molecule has 2 aliphatic carbocycles. The molecule has 2 saturated carbocycles. The summed E-state index contributed by atoms with van der Waals surface area (Å²) >= 11 is 0. The monoisotopic (exact) mass is 589 g/mol. The fourth-order valence-corrected chi connectivity index (χ4v) is 5.99. The van der Waals surface area contributed by atoms with Gasteiger partial charge in [0.2, 0.25) is 10.0 Å².